The smallest absolute Gasteiger partial charge is 0.134 e. The zero-order valence-electron chi connectivity index (χ0n) is 7.73. The predicted molar refractivity (Wildman–Crippen MR) is 54.5 cm³/mol. The molecular weight excluding hydrogens is 202 g/mol. The van der Waals surface area contributed by atoms with E-state index in [1.165, 1.54) is 6.33 Å². The van der Waals surface area contributed by atoms with E-state index < -0.39 is 0 Å². The minimum Gasteiger partial charge on any atom is -0.394 e. The summed E-state index contributed by atoms with van der Waals surface area (Å²) in [5.74, 6) is 0.807. The average molecular weight is 214 g/mol. The molecule has 0 bridgehead atoms. The number of hydrogen-bond donors (Lipinski definition) is 1. The quantitative estimate of drug-likeness (QED) is 0.748. The van der Waals surface area contributed by atoms with Crippen molar-refractivity contribution >= 4 is 17.4 Å². The molecule has 0 spiro atoms. The van der Waals surface area contributed by atoms with Gasteiger partial charge in [-0.15, -0.1) is 0 Å². The summed E-state index contributed by atoms with van der Waals surface area (Å²) >= 11 is 5.77. The van der Waals surface area contributed by atoms with Gasteiger partial charge in [0.1, 0.15) is 17.3 Å². The molecule has 1 atom stereocenters. The molecule has 0 aliphatic carbocycles. The molecular formula is C9H12ClN3O. The third-order valence-electron chi connectivity index (χ3n) is 2.50. The molecule has 0 aromatic carbocycles. The Morgan fingerprint density at radius 1 is 1.57 bits per heavy atom. The van der Waals surface area contributed by atoms with Crippen LogP contribution in [0.1, 0.15) is 12.8 Å². The van der Waals surface area contributed by atoms with E-state index in [9.17, 15) is 0 Å². The van der Waals surface area contributed by atoms with Crippen LogP contribution in [0.15, 0.2) is 12.4 Å². The van der Waals surface area contributed by atoms with Gasteiger partial charge >= 0.3 is 0 Å². The van der Waals surface area contributed by atoms with E-state index in [0.717, 1.165) is 25.2 Å². The van der Waals surface area contributed by atoms with Gasteiger partial charge in [0.25, 0.3) is 0 Å². The summed E-state index contributed by atoms with van der Waals surface area (Å²) in [4.78, 5) is 10.0. The lowest BCUT2D eigenvalue weighted by Gasteiger charge is -2.23. The number of hydrogen-bond acceptors (Lipinski definition) is 4. The van der Waals surface area contributed by atoms with Gasteiger partial charge in [-0.3, -0.25) is 0 Å². The maximum atomic E-state index is 9.15. The molecule has 2 rings (SSSR count). The lowest BCUT2D eigenvalue weighted by Crippen LogP contribution is -2.32. The summed E-state index contributed by atoms with van der Waals surface area (Å²) in [5.41, 5.74) is 0. The highest BCUT2D eigenvalue weighted by Crippen LogP contribution is 2.24. The molecule has 4 nitrogen and oxygen atoms in total. The first-order valence-corrected chi connectivity index (χ1v) is 5.04. The first-order valence-electron chi connectivity index (χ1n) is 4.66. The van der Waals surface area contributed by atoms with Crippen LogP contribution in [-0.4, -0.2) is 34.3 Å². The number of aliphatic hydroxyl groups is 1. The van der Waals surface area contributed by atoms with Crippen molar-refractivity contribution in [1.82, 2.24) is 9.97 Å². The molecule has 1 aliphatic rings. The van der Waals surface area contributed by atoms with Crippen LogP contribution in [0.4, 0.5) is 5.82 Å². The van der Waals surface area contributed by atoms with Crippen LogP contribution in [0.25, 0.3) is 0 Å². The fourth-order valence-electron chi connectivity index (χ4n) is 1.81. The lowest BCUT2D eigenvalue weighted by molar-refractivity contribution is 0.266. The van der Waals surface area contributed by atoms with Gasteiger partial charge in [-0.25, -0.2) is 9.97 Å². The summed E-state index contributed by atoms with van der Waals surface area (Å²) < 4.78 is 0. The third-order valence-corrected chi connectivity index (χ3v) is 2.71. The Hall–Kier alpha value is -0.870. The van der Waals surface area contributed by atoms with E-state index in [-0.39, 0.29) is 12.6 Å². The van der Waals surface area contributed by atoms with E-state index in [1.54, 1.807) is 6.07 Å². The summed E-state index contributed by atoms with van der Waals surface area (Å²) in [6.07, 6.45) is 3.55. The van der Waals surface area contributed by atoms with Crippen molar-refractivity contribution in [2.75, 3.05) is 18.1 Å². The Kier molecular flexibility index (Phi) is 2.84. The standard InChI is InChI=1S/C9H12ClN3O/c10-8-4-9(12-6-11-8)13-3-1-2-7(13)5-14/h4,6-7,14H,1-3,5H2/t7-/m0/s1. The van der Waals surface area contributed by atoms with Crippen molar-refractivity contribution in [3.8, 4) is 0 Å². The van der Waals surface area contributed by atoms with Gasteiger partial charge < -0.3 is 10.0 Å². The van der Waals surface area contributed by atoms with Crippen LogP contribution in [0.3, 0.4) is 0 Å². The zero-order valence-corrected chi connectivity index (χ0v) is 8.48. The number of aromatic nitrogens is 2. The monoisotopic (exact) mass is 213 g/mol. The topological polar surface area (TPSA) is 49.2 Å². The van der Waals surface area contributed by atoms with Gasteiger partial charge in [-0.1, -0.05) is 11.6 Å². The van der Waals surface area contributed by atoms with Gasteiger partial charge in [-0.2, -0.15) is 0 Å². The molecule has 1 fully saturated rings. The summed E-state index contributed by atoms with van der Waals surface area (Å²) in [6, 6.07) is 1.91. The first-order chi connectivity index (χ1) is 6.81. The Morgan fingerprint density at radius 2 is 2.43 bits per heavy atom. The minimum absolute atomic E-state index is 0.168. The highest BCUT2D eigenvalue weighted by Gasteiger charge is 2.24. The predicted octanol–water partition coefficient (Wildman–Crippen LogP) is 1.09. The molecule has 1 aromatic heterocycles. The second-order valence-electron chi connectivity index (χ2n) is 3.37. The van der Waals surface area contributed by atoms with Gasteiger partial charge in [0, 0.05) is 12.6 Å². The van der Waals surface area contributed by atoms with Gasteiger partial charge in [0.15, 0.2) is 0 Å². The van der Waals surface area contributed by atoms with Crippen LogP contribution in [0.5, 0.6) is 0 Å². The van der Waals surface area contributed by atoms with E-state index in [1.807, 2.05) is 0 Å². The number of anilines is 1. The Bertz CT molecular complexity index is 321. The molecule has 1 aromatic rings. The zero-order chi connectivity index (χ0) is 9.97. The van der Waals surface area contributed by atoms with Crippen molar-refractivity contribution < 1.29 is 5.11 Å². The largest absolute Gasteiger partial charge is 0.394 e. The van der Waals surface area contributed by atoms with Crippen LogP contribution >= 0.6 is 11.6 Å². The average Bonchev–Trinajstić information content (AvgIpc) is 2.65. The number of aliphatic hydroxyl groups excluding tert-OH is 1. The summed E-state index contributed by atoms with van der Waals surface area (Å²) in [5, 5.41) is 9.59. The molecule has 5 heteroatoms. The van der Waals surface area contributed by atoms with Crippen molar-refractivity contribution in [2.24, 2.45) is 0 Å². The summed E-state index contributed by atoms with van der Waals surface area (Å²) in [6.45, 7) is 1.10. The van der Waals surface area contributed by atoms with E-state index in [2.05, 4.69) is 14.9 Å². The molecule has 1 aliphatic heterocycles. The molecule has 76 valence electrons. The van der Waals surface area contributed by atoms with E-state index in [4.69, 9.17) is 16.7 Å². The maximum Gasteiger partial charge on any atom is 0.134 e. The van der Waals surface area contributed by atoms with Gasteiger partial charge in [0.05, 0.1) is 12.6 Å². The van der Waals surface area contributed by atoms with Gasteiger partial charge in [-0.05, 0) is 12.8 Å². The van der Waals surface area contributed by atoms with Crippen LogP contribution in [0, 0.1) is 0 Å². The van der Waals surface area contributed by atoms with Crippen molar-refractivity contribution in [2.45, 2.75) is 18.9 Å². The van der Waals surface area contributed by atoms with Crippen molar-refractivity contribution in [1.29, 1.82) is 0 Å². The van der Waals surface area contributed by atoms with E-state index in [0.29, 0.717) is 5.15 Å². The highest BCUT2D eigenvalue weighted by molar-refractivity contribution is 6.29. The normalized spacial score (nSPS) is 21.6. The highest BCUT2D eigenvalue weighted by atomic mass is 35.5. The number of nitrogens with zero attached hydrogens (tertiary/aromatic N) is 3. The van der Waals surface area contributed by atoms with Crippen molar-refractivity contribution in [3.05, 3.63) is 17.5 Å². The fraction of sp³-hybridized carbons (Fsp3) is 0.556. The molecule has 14 heavy (non-hydrogen) atoms. The Labute approximate surface area is 87.5 Å². The SMILES string of the molecule is OC[C@@H]1CCCN1c1cc(Cl)ncn1. The Balaban J connectivity index is 2.21. The molecule has 0 unspecified atom stereocenters. The maximum absolute atomic E-state index is 9.15. The number of halogens is 1. The lowest BCUT2D eigenvalue weighted by atomic mass is 10.2. The van der Waals surface area contributed by atoms with E-state index >= 15 is 0 Å². The first kappa shape index (κ1) is 9.68. The van der Waals surface area contributed by atoms with Gasteiger partial charge in [0.2, 0.25) is 0 Å². The fourth-order valence-corrected chi connectivity index (χ4v) is 1.95. The molecule has 1 saturated heterocycles. The van der Waals surface area contributed by atoms with Crippen molar-refractivity contribution in [3.63, 3.8) is 0 Å². The molecule has 0 amide bonds. The second kappa shape index (κ2) is 4.11. The van der Waals surface area contributed by atoms with Crippen LogP contribution in [0.2, 0.25) is 5.15 Å². The molecule has 0 saturated carbocycles. The number of rotatable bonds is 2. The molecule has 0 radical (unpaired) electrons. The summed E-state index contributed by atoms with van der Waals surface area (Å²) in [7, 11) is 0. The minimum atomic E-state index is 0.168. The third kappa shape index (κ3) is 1.81. The van der Waals surface area contributed by atoms with Crippen LogP contribution < -0.4 is 4.90 Å². The Morgan fingerprint density at radius 3 is 3.14 bits per heavy atom. The van der Waals surface area contributed by atoms with Crippen LogP contribution in [-0.2, 0) is 0 Å². The molecule has 2 heterocycles. The second-order valence-corrected chi connectivity index (χ2v) is 3.76. The molecule has 1 N–H and O–H groups in total.